The second-order valence-electron chi connectivity index (χ2n) is 7.48. The number of thiazole rings is 1. The average Bonchev–Trinajstić information content (AvgIpc) is 3.19. The monoisotopic (exact) mass is 371 g/mol. The third-order valence-electron chi connectivity index (χ3n) is 5.80. The van der Waals surface area contributed by atoms with Crippen LogP contribution in [0.3, 0.4) is 0 Å². The molecular weight excluding hydrogens is 342 g/mol. The van der Waals surface area contributed by atoms with Crippen molar-refractivity contribution < 1.29 is 4.74 Å². The van der Waals surface area contributed by atoms with E-state index >= 15 is 0 Å². The molecule has 4 rings (SSSR count). The molecule has 2 aliphatic rings. The number of hydrogen-bond donors (Lipinski definition) is 1. The molecule has 2 aliphatic heterocycles. The Bertz CT molecular complexity index is 676. The number of likely N-dealkylation sites (tertiary alicyclic amines) is 1. The molecule has 0 spiro atoms. The smallest absolute Gasteiger partial charge is 0.107 e. The van der Waals surface area contributed by atoms with Crippen molar-refractivity contribution in [2.24, 2.45) is 0 Å². The maximum atomic E-state index is 5.67. The predicted octanol–water partition coefficient (Wildman–Crippen LogP) is 3.93. The zero-order chi connectivity index (χ0) is 17.7. The number of benzene rings is 1. The van der Waals surface area contributed by atoms with Gasteiger partial charge >= 0.3 is 0 Å². The maximum absolute atomic E-state index is 5.67. The molecule has 0 amide bonds. The van der Waals surface area contributed by atoms with Crippen LogP contribution in [-0.2, 0) is 11.3 Å². The highest BCUT2D eigenvalue weighted by molar-refractivity contribution is 7.09. The molecule has 3 heterocycles. The molecule has 0 aliphatic carbocycles. The van der Waals surface area contributed by atoms with Gasteiger partial charge in [0, 0.05) is 42.8 Å². The highest BCUT2D eigenvalue weighted by Crippen LogP contribution is 2.30. The van der Waals surface area contributed by atoms with Crippen molar-refractivity contribution in [3.63, 3.8) is 0 Å². The van der Waals surface area contributed by atoms with E-state index in [2.05, 4.69) is 39.9 Å². The fourth-order valence-corrected chi connectivity index (χ4v) is 5.03. The third-order valence-corrected chi connectivity index (χ3v) is 6.65. The summed E-state index contributed by atoms with van der Waals surface area (Å²) in [6.07, 6.45) is 6.36. The van der Waals surface area contributed by atoms with Gasteiger partial charge in [-0.1, -0.05) is 36.8 Å². The van der Waals surface area contributed by atoms with Crippen molar-refractivity contribution in [1.82, 2.24) is 15.2 Å². The Morgan fingerprint density at radius 3 is 2.62 bits per heavy atom. The Labute approximate surface area is 160 Å². The zero-order valence-corrected chi connectivity index (χ0v) is 16.3. The lowest BCUT2D eigenvalue weighted by molar-refractivity contribution is -0.0358. The number of ether oxygens (including phenoxy) is 1. The lowest BCUT2D eigenvalue weighted by Gasteiger charge is -2.48. The maximum Gasteiger partial charge on any atom is 0.107 e. The second-order valence-corrected chi connectivity index (χ2v) is 8.42. The van der Waals surface area contributed by atoms with Crippen molar-refractivity contribution in [3.05, 3.63) is 40.7 Å². The van der Waals surface area contributed by atoms with Crippen molar-refractivity contribution >= 4 is 11.3 Å². The van der Waals surface area contributed by atoms with Gasteiger partial charge in [0.25, 0.3) is 0 Å². The first-order chi connectivity index (χ1) is 12.9. The largest absolute Gasteiger partial charge is 0.381 e. The van der Waals surface area contributed by atoms with Gasteiger partial charge in [-0.25, -0.2) is 4.98 Å². The number of aromatic nitrogens is 1. The van der Waals surface area contributed by atoms with E-state index in [0.29, 0.717) is 0 Å². The first-order valence-electron chi connectivity index (χ1n) is 9.89. The zero-order valence-electron chi connectivity index (χ0n) is 15.5. The fourth-order valence-electron chi connectivity index (χ4n) is 4.26. The summed E-state index contributed by atoms with van der Waals surface area (Å²) in [6.45, 7) is 6.18. The third kappa shape index (κ3) is 4.17. The molecule has 0 saturated carbocycles. The molecule has 1 aromatic heterocycles. The van der Waals surface area contributed by atoms with Crippen molar-refractivity contribution in [2.45, 2.75) is 44.2 Å². The van der Waals surface area contributed by atoms with E-state index in [9.17, 15) is 0 Å². The molecule has 26 heavy (non-hydrogen) atoms. The minimum absolute atomic E-state index is 0.276. The Balaban J connectivity index is 1.37. The molecule has 1 N–H and O–H groups in total. The van der Waals surface area contributed by atoms with Gasteiger partial charge in [0.05, 0.1) is 5.69 Å². The molecule has 2 saturated heterocycles. The first kappa shape index (κ1) is 18.1. The Kier molecular flexibility index (Phi) is 6.00. The molecule has 0 atom stereocenters. The van der Waals surface area contributed by atoms with Crippen LogP contribution in [0.1, 0.15) is 37.1 Å². The standard InChI is InChI=1S/C21H29N3OS/c1-3-7-18(8-4-1)19-16-26-20(23-19)15-22-17-21(9-13-25-14-10-21)24-11-5-2-6-12-24/h1,3-4,7-8,16,22H,2,5-6,9-15,17H2. The Morgan fingerprint density at radius 2 is 1.85 bits per heavy atom. The van der Waals surface area contributed by atoms with Gasteiger partial charge in [-0.15, -0.1) is 11.3 Å². The Morgan fingerprint density at radius 1 is 1.08 bits per heavy atom. The minimum Gasteiger partial charge on any atom is -0.381 e. The number of nitrogens with one attached hydrogen (secondary N) is 1. The van der Waals surface area contributed by atoms with Crippen molar-refractivity contribution in [3.8, 4) is 11.3 Å². The number of piperidine rings is 1. The molecule has 4 nitrogen and oxygen atoms in total. The normalized spacial score (nSPS) is 20.9. The van der Waals surface area contributed by atoms with Gasteiger partial charge < -0.3 is 10.1 Å². The van der Waals surface area contributed by atoms with Gasteiger partial charge in [0.15, 0.2) is 0 Å². The summed E-state index contributed by atoms with van der Waals surface area (Å²) in [4.78, 5) is 7.56. The topological polar surface area (TPSA) is 37.4 Å². The van der Waals surface area contributed by atoms with Crippen LogP contribution in [0.4, 0.5) is 0 Å². The van der Waals surface area contributed by atoms with Crippen molar-refractivity contribution in [1.29, 1.82) is 0 Å². The van der Waals surface area contributed by atoms with E-state index in [-0.39, 0.29) is 5.54 Å². The summed E-state index contributed by atoms with van der Waals surface area (Å²) in [7, 11) is 0. The fraction of sp³-hybridized carbons (Fsp3) is 0.571. The van der Waals surface area contributed by atoms with Gasteiger partial charge in [-0.3, -0.25) is 4.90 Å². The number of rotatable bonds is 6. The van der Waals surface area contributed by atoms with Crippen LogP contribution >= 0.6 is 11.3 Å². The first-order valence-corrected chi connectivity index (χ1v) is 10.8. The molecular formula is C21H29N3OS. The van der Waals surface area contributed by atoms with E-state index in [4.69, 9.17) is 9.72 Å². The van der Waals surface area contributed by atoms with Gasteiger partial charge in [-0.05, 0) is 38.8 Å². The summed E-state index contributed by atoms with van der Waals surface area (Å²) in [5.41, 5.74) is 2.56. The van der Waals surface area contributed by atoms with Crippen LogP contribution in [-0.4, -0.2) is 48.3 Å². The lowest BCUT2D eigenvalue weighted by atomic mass is 9.86. The van der Waals surface area contributed by atoms with Crippen LogP contribution < -0.4 is 5.32 Å². The SMILES string of the molecule is c1ccc(-c2csc(CNCC3(N4CCCCC4)CCOCC3)n2)cc1. The molecule has 0 radical (unpaired) electrons. The van der Waals surface area contributed by atoms with Crippen LogP contribution in [0.25, 0.3) is 11.3 Å². The highest BCUT2D eigenvalue weighted by atomic mass is 32.1. The summed E-state index contributed by atoms with van der Waals surface area (Å²) in [5.74, 6) is 0. The van der Waals surface area contributed by atoms with E-state index in [1.165, 1.54) is 42.9 Å². The van der Waals surface area contributed by atoms with Gasteiger partial charge in [-0.2, -0.15) is 0 Å². The molecule has 140 valence electrons. The van der Waals surface area contributed by atoms with E-state index in [1.807, 2.05) is 6.07 Å². The molecule has 2 aromatic rings. The quantitative estimate of drug-likeness (QED) is 0.835. The summed E-state index contributed by atoms with van der Waals surface area (Å²) < 4.78 is 5.67. The number of hydrogen-bond acceptors (Lipinski definition) is 5. The molecule has 0 unspecified atom stereocenters. The lowest BCUT2D eigenvalue weighted by Crippen LogP contribution is -2.59. The van der Waals surface area contributed by atoms with Crippen LogP contribution in [0.15, 0.2) is 35.7 Å². The van der Waals surface area contributed by atoms with E-state index in [0.717, 1.165) is 44.8 Å². The summed E-state index contributed by atoms with van der Waals surface area (Å²) >= 11 is 1.75. The van der Waals surface area contributed by atoms with Crippen molar-refractivity contribution in [2.75, 3.05) is 32.8 Å². The van der Waals surface area contributed by atoms with Gasteiger partial charge in [0.1, 0.15) is 5.01 Å². The van der Waals surface area contributed by atoms with Crippen LogP contribution in [0.2, 0.25) is 0 Å². The van der Waals surface area contributed by atoms with Crippen LogP contribution in [0.5, 0.6) is 0 Å². The predicted molar refractivity (Wildman–Crippen MR) is 107 cm³/mol. The van der Waals surface area contributed by atoms with Crippen LogP contribution in [0, 0.1) is 0 Å². The molecule has 0 bridgehead atoms. The Hall–Kier alpha value is -1.27. The highest BCUT2D eigenvalue weighted by Gasteiger charge is 2.38. The van der Waals surface area contributed by atoms with E-state index in [1.54, 1.807) is 11.3 Å². The minimum atomic E-state index is 0.276. The summed E-state index contributed by atoms with van der Waals surface area (Å²) in [5, 5.41) is 7.06. The molecule has 1 aromatic carbocycles. The summed E-state index contributed by atoms with van der Waals surface area (Å²) in [6, 6.07) is 10.4. The molecule has 2 fully saturated rings. The van der Waals surface area contributed by atoms with E-state index < -0.39 is 0 Å². The van der Waals surface area contributed by atoms with Gasteiger partial charge in [0.2, 0.25) is 0 Å². The average molecular weight is 372 g/mol. The molecule has 5 heteroatoms. The second kappa shape index (κ2) is 8.61. The number of nitrogens with zero attached hydrogens (tertiary/aromatic N) is 2.